The van der Waals surface area contributed by atoms with Crippen LogP contribution in [0.2, 0.25) is 0 Å². The van der Waals surface area contributed by atoms with Crippen molar-refractivity contribution in [1.29, 1.82) is 0 Å². The van der Waals surface area contributed by atoms with E-state index in [4.69, 9.17) is 0 Å². The van der Waals surface area contributed by atoms with Crippen LogP contribution in [0, 0.1) is 5.41 Å². The third-order valence-electron chi connectivity index (χ3n) is 5.23. The van der Waals surface area contributed by atoms with Crippen LogP contribution < -0.4 is 0 Å². The van der Waals surface area contributed by atoms with Gasteiger partial charge in [0, 0.05) is 50.4 Å². The molecule has 0 bridgehead atoms. The second-order valence-corrected chi connectivity index (χ2v) is 9.21. The zero-order valence-electron chi connectivity index (χ0n) is 14.1. The maximum Gasteiger partial charge on any atom is 0.222 e. The highest BCUT2D eigenvalue weighted by Gasteiger charge is 2.43. The molecular weight excluding hydrogens is 326 g/mol. The maximum absolute atomic E-state index is 12.3. The smallest absolute Gasteiger partial charge is 0.222 e. The van der Waals surface area contributed by atoms with Gasteiger partial charge < -0.3 is 4.90 Å². The highest BCUT2D eigenvalue weighted by Crippen LogP contribution is 2.40. The second-order valence-electron chi connectivity index (χ2n) is 6.95. The first kappa shape index (κ1) is 17.4. The van der Waals surface area contributed by atoms with E-state index in [-0.39, 0.29) is 17.1 Å². The van der Waals surface area contributed by atoms with Crippen molar-refractivity contribution in [2.75, 3.05) is 25.4 Å². The van der Waals surface area contributed by atoms with Crippen LogP contribution >= 0.6 is 0 Å². The fourth-order valence-corrected chi connectivity index (χ4v) is 5.12. The predicted octanol–water partition coefficient (Wildman–Crippen LogP) is 1.64. The highest BCUT2D eigenvalue weighted by atomic mass is 32.2. The van der Waals surface area contributed by atoms with Crippen LogP contribution in [0.4, 0.5) is 0 Å². The van der Waals surface area contributed by atoms with E-state index in [0.717, 1.165) is 24.8 Å². The number of piperidine rings is 2. The zero-order chi connectivity index (χ0) is 17.2. The van der Waals surface area contributed by atoms with E-state index in [9.17, 15) is 13.2 Å². The van der Waals surface area contributed by atoms with Gasteiger partial charge >= 0.3 is 0 Å². The molecule has 0 N–H and O–H groups in total. The molecule has 24 heavy (non-hydrogen) atoms. The Bertz CT molecular complexity index is 692. The molecule has 1 amide bonds. The van der Waals surface area contributed by atoms with Crippen molar-refractivity contribution < 1.29 is 13.2 Å². The first-order valence-corrected chi connectivity index (χ1v) is 10.2. The average molecular weight is 351 g/mol. The Labute approximate surface area is 143 Å². The fourth-order valence-electron chi connectivity index (χ4n) is 3.87. The van der Waals surface area contributed by atoms with Crippen molar-refractivity contribution in [2.45, 2.75) is 39.2 Å². The first-order valence-electron chi connectivity index (χ1n) is 8.59. The van der Waals surface area contributed by atoms with Gasteiger partial charge in [-0.05, 0) is 37.8 Å². The van der Waals surface area contributed by atoms with Crippen molar-refractivity contribution in [3.8, 4) is 0 Å². The van der Waals surface area contributed by atoms with Gasteiger partial charge in [-0.15, -0.1) is 0 Å². The van der Waals surface area contributed by atoms with Crippen molar-refractivity contribution in [3.05, 3.63) is 30.1 Å². The third kappa shape index (κ3) is 3.62. The molecule has 2 saturated heterocycles. The Balaban J connectivity index is 1.75. The minimum absolute atomic E-state index is 0.101. The van der Waals surface area contributed by atoms with E-state index in [2.05, 4.69) is 4.98 Å². The normalized spacial score (nSPS) is 26.0. The molecule has 0 saturated carbocycles. The lowest BCUT2D eigenvalue weighted by atomic mass is 9.74. The van der Waals surface area contributed by atoms with Gasteiger partial charge in [0.15, 0.2) is 0 Å². The summed E-state index contributed by atoms with van der Waals surface area (Å²) in [5, 5.41) is 0. The van der Waals surface area contributed by atoms with E-state index in [1.54, 1.807) is 23.6 Å². The van der Waals surface area contributed by atoms with E-state index in [1.165, 1.54) is 0 Å². The highest BCUT2D eigenvalue weighted by molar-refractivity contribution is 7.89. The van der Waals surface area contributed by atoms with E-state index in [1.807, 2.05) is 17.0 Å². The molecule has 7 heteroatoms. The summed E-state index contributed by atoms with van der Waals surface area (Å²) in [5.41, 5.74) is 0.910. The van der Waals surface area contributed by atoms with Crippen molar-refractivity contribution in [3.63, 3.8) is 0 Å². The van der Waals surface area contributed by atoms with Gasteiger partial charge in [0.2, 0.25) is 15.9 Å². The molecule has 1 aromatic rings. The number of hydrogen-bond acceptors (Lipinski definition) is 4. The summed E-state index contributed by atoms with van der Waals surface area (Å²) >= 11 is 0. The van der Waals surface area contributed by atoms with E-state index < -0.39 is 10.0 Å². The number of pyridine rings is 1. The molecular formula is C17H25N3O3S. The fraction of sp³-hybridized carbons (Fsp3) is 0.647. The summed E-state index contributed by atoms with van der Waals surface area (Å²) in [6.45, 7) is 4.02. The van der Waals surface area contributed by atoms with Gasteiger partial charge in [0.1, 0.15) is 0 Å². The molecule has 2 aliphatic heterocycles. The van der Waals surface area contributed by atoms with Gasteiger partial charge in [-0.3, -0.25) is 9.78 Å². The summed E-state index contributed by atoms with van der Waals surface area (Å²) in [6.07, 6.45) is 6.64. The molecule has 3 heterocycles. The summed E-state index contributed by atoms with van der Waals surface area (Å²) in [6, 6.07) is 3.84. The Morgan fingerprint density at radius 1 is 1.29 bits per heavy atom. The molecule has 6 nitrogen and oxygen atoms in total. The van der Waals surface area contributed by atoms with Crippen molar-refractivity contribution in [1.82, 2.24) is 14.2 Å². The number of rotatable bonds is 4. The SMILES string of the molecule is CCS(=O)(=O)N1CCCC2(CCC(=O)N(Cc3cccnc3)C2)C1. The number of amides is 1. The van der Waals surface area contributed by atoms with E-state index in [0.29, 0.717) is 32.6 Å². The molecule has 1 spiro atoms. The van der Waals surface area contributed by atoms with Crippen LogP contribution in [0.25, 0.3) is 0 Å². The Hall–Kier alpha value is -1.47. The molecule has 0 aliphatic carbocycles. The maximum atomic E-state index is 12.3. The second kappa shape index (κ2) is 6.80. The first-order chi connectivity index (χ1) is 11.4. The largest absolute Gasteiger partial charge is 0.338 e. The molecule has 0 aromatic carbocycles. The van der Waals surface area contributed by atoms with Gasteiger partial charge in [-0.25, -0.2) is 12.7 Å². The lowest BCUT2D eigenvalue weighted by Crippen LogP contribution is -2.55. The summed E-state index contributed by atoms with van der Waals surface area (Å²) in [7, 11) is -3.17. The van der Waals surface area contributed by atoms with Crippen LogP contribution in [-0.2, 0) is 21.4 Å². The van der Waals surface area contributed by atoms with Gasteiger partial charge in [0.05, 0.1) is 5.75 Å². The Morgan fingerprint density at radius 3 is 2.83 bits per heavy atom. The van der Waals surface area contributed by atoms with Crippen molar-refractivity contribution >= 4 is 15.9 Å². The summed E-state index contributed by atoms with van der Waals surface area (Å²) < 4.78 is 26.1. The van der Waals surface area contributed by atoms with Crippen LogP contribution in [0.1, 0.15) is 38.2 Å². The summed E-state index contributed by atoms with van der Waals surface area (Å²) in [5.74, 6) is 0.293. The standard InChI is InChI=1S/C17H25N3O3S/c1-2-24(22,23)20-10-4-7-17(14-20)8-6-16(21)19(13-17)12-15-5-3-9-18-11-15/h3,5,9,11H,2,4,6-8,10,12-14H2,1H3. The van der Waals surface area contributed by atoms with Gasteiger partial charge in [-0.2, -0.15) is 0 Å². The molecule has 1 atom stereocenters. The van der Waals surface area contributed by atoms with Crippen LogP contribution in [0.3, 0.4) is 0 Å². The molecule has 1 unspecified atom stereocenters. The van der Waals surface area contributed by atoms with Crippen LogP contribution in [-0.4, -0.2) is 53.9 Å². The van der Waals surface area contributed by atoms with Gasteiger partial charge in [0.25, 0.3) is 0 Å². The minimum atomic E-state index is -3.17. The number of aromatic nitrogens is 1. The minimum Gasteiger partial charge on any atom is -0.338 e. The summed E-state index contributed by atoms with van der Waals surface area (Å²) in [4.78, 5) is 18.3. The number of carbonyl (C=O) groups excluding carboxylic acids is 1. The van der Waals surface area contributed by atoms with E-state index >= 15 is 0 Å². The monoisotopic (exact) mass is 351 g/mol. The molecule has 2 fully saturated rings. The lowest BCUT2D eigenvalue weighted by molar-refractivity contribution is -0.139. The molecule has 1 aromatic heterocycles. The topological polar surface area (TPSA) is 70.6 Å². The molecule has 0 radical (unpaired) electrons. The number of hydrogen-bond donors (Lipinski definition) is 0. The number of likely N-dealkylation sites (tertiary alicyclic amines) is 1. The lowest BCUT2D eigenvalue weighted by Gasteiger charge is -2.47. The van der Waals surface area contributed by atoms with Crippen LogP contribution in [0.5, 0.6) is 0 Å². The zero-order valence-corrected chi connectivity index (χ0v) is 15.0. The quantitative estimate of drug-likeness (QED) is 0.827. The van der Waals surface area contributed by atoms with Gasteiger partial charge in [-0.1, -0.05) is 6.07 Å². The average Bonchev–Trinajstić information content (AvgIpc) is 2.59. The van der Waals surface area contributed by atoms with Crippen LogP contribution in [0.15, 0.2) is 24.5 Å². The molecule has 2 aliphatic rings. The van der Waals surface area contributed by atoms with Crippen molar-refractivity contribution in [2.24, 2.45) is 5.41 Å². The number of nitrogens with zero attached hydrogens (tertiary/aromatic N) is 3. The number of sulfonamides is 1. The number of carbonyl (C=O) groups is 1. The Kier molecular flexibility index (Phi) is 4.92. The molecule has 3 rings (SSSR count). The molecule has 132 valence electrons. The predicted molar refractivity (Wildman–Crippen MR) is 91.6 cm³/mol. The Morgan fingerprint density at radius 2 is 2.12 bits per heavy atom. The third-order valence-corrected chi connectivity index (χ3v) is 7.06.